The molecule has 7 heteroatoms. The molecule has 1 aromatic carbocycles. The first-order chi connectivity index (χ1) is 9.86. The minimum atomic E-state index is -4.55. The van der Waals surface area contributed by atoms with Crippen molar-refractivity contribution in [1.82, 2.24) is 14.8 Å². The summed E-state index contributed by atoms with van der Waals surface area (Å²) >= 11 is 0. The zero-order valence-corrected chi connectivity index (χ0v) is 11.7. The monoisotopic (exact) mass is 296 g/mol. The normalized spacial score (nSPS) is 15.3. The number of aromatic nitrogens is 3. The van der Waals surface area contributed by atoms with Gasteiger partial charge in [-0.1, -0.05) is 12.1 Å². The summed E-state index contributed by atoms with van der Waals surface area (Å²) in [4.78, 5) is 5.12. The van der Waals surface area contributed by atoms with Gasteiger partial charge < -0.3 is 4.90 Å². The van der Waals surface area contributed by atoms with Crippen LogP contribution >= 0.6 is 0 Å². The van der Waals surface area contributed by atoms with Crippen molar-refractivity contribution in [2.75, 3.05) is 19.0 Å². The lowest BCUT2D eigenvalue weighted by atomic mass is 10.1. The third-order valence-corrected chi connectivity index (χ3v) is 3.41. The molecular formula is C14H15F3N4. The molecule has 0 amide bonds. The highest BCUT2D eigenvalue weighted by Crippen LogP contribution is 2.40. The number of nitrogens with zero attached hydrogens (tertiary/aromatic N) is 4. The molecule has 0 N–H and O–H groups in total. The molecule has 21 heavy (non-hydrogen) atoms. The van der Waals surface area contributed by atoms with Gasteiger partial charge in [-0.3, -0.25) is 0 Å². The number of alkyl halides is 3. The highest BCUT2D eigenvalue weighted by molar-refractivity contribution is 5.44. The Morgan fingerprint density at radius 1 is 1.24 bits per heavy atom. The highest BCUT2D eigenvalue weighted by Gasteiger charge is 2.37. The summed E-state index contributed by atoms with van der Waals surface area (Å²) in [5.74, 6) is -0.434. The Hall–Kier alpha value is -2.05. The lowest BCUT2D eigenvalue weighted by molar-refractivity contribution is -0.144. The standard InChI is InChI=1S/C14H15F3N4/c1-20(2)13-18-12(14(15,16)17)19-21(13)11-5-3-4-10(8-11)9-6-7-9/h3-5,8-9H,6-7H2,1-2H3. The van der Waals surface area contributed by atoms with Crippen molar-refractivity contribution >= 4 is 5.95 Å². The molecule has 0 atom stereocenters. The van der Waals surface area contributed by atoms with Crippen LogP contribution in [0.2, 0.25) is 0 Å². The fourth-order valence-corrected chi connectivity index (χ4v) is 2.21. The van der Waals surface area contributed by atoms with Crippen LogP contribution < -0.4 is 4.90 Å². The van der Waals surface area contributed by atoms with Crippen LogP contribution in [0.4, 0.5) is 19.1 Å². The number of anilines is 1. The summed E-state index contributed by atoms with van der Waals surface area (Å²) in [6, 6.07) is 7.47. The Balaban J connectivity index is 2.08. The van der Waals surface area contributed by atoms with E-state index in [-0.39, 0.29) is 5.95 Å². The number of halogens is 3. The third-order valence-electron chi connectivity index (χ3n) is 3.41. The van der Waals surface area contributed by atoms with Crippen LogP contribution in [0.5, 0.6) is 0 Å². The Bertz CT molecular complexity index is 656. The molecule has 1 aliphatic rings. The molecule has 1 aliphatic carbocycles. The average molecular weight is 296 g/mol. The topological polar surface area (TPSA) is 34.0 Å². The van der Waals surface area contributed by atoms with Crippen LogP contribution in [0.1, 0.15) is 30.1 Å². The minimum Gasteiger partial charge on any atom is -0.347 e. The molecule has 0 radical (unpaired) electrons. The predicted molar refractivity (Wildman–Crippen MR) is 72.7 cm³/mol. The molecule has 0 aliphatic heterocycles. The van der Waals surface area contributed by atoms with E-state index in [1.165, 1.54) is 9.58 Å². The predicted octanol–water partition coefficient (Wildman–Crippen LogP) is 3.23. The molecule has 0 saturated heterocycles. The fourth-order valence-electron chi connectivity index (χ4n) is 2.21. The Kier molecular flexibility index (Phi) is 3.15. The maximum absolute atomic E-state index is 12.8. The largest absolute Gasteiger partial charge is 0.453 e. The lowest BCUT2D eigenvalue weighted by Gasteiger charge is -2.13. The van der Waals surface area contributed by atoms with Crippen LogP contribution in [-0.4, -0.2) is 28.9 Å². The van der Waals surface area contributed by atoms with E-state index in [2.05, 4.69) is 10.1 Å². The molecule has 0 unspecified atom stereocenters. The molecule has 1 aromatic heterocycles. The zero-order valence-electron chi connectivity index (χ0n) is 11.7. The number of rotatable bonds is 3. The Labute approximate surface area is 120 Å². The van der Waals surface area contributed by atoms with Gasteiger partial charge in [0.25, 0.3) is 5.82 Å². The molecule has 3 rings (SSSR count). The van der Waals surface area contributed by atoms with Crippen molar-refractivity contribution in [3.63, 3.8) is 0 Å². The van der Waals surface area contributed by atoms with E-state index in [4.69, 9.17) is 0 Å². The van der Waals surface area contributed by atoms with Gasteiger partial charge in [0.05, 0.1) is 5.69 Å². The van der Waals surface area contributed by atoms with Gasteiger partial charge in [-0.05, 0) is 36.5 Å². The van der Waals surface area contributed by atoms with Crippen molar-refractivity contribution < 1.29 is 13.2 Å². The van der Waals surface area contributed by atoms with Gasteiger partial charge in [-0.25, -0.2) is 0 Å². The number of hydrogen-bond acceptors (Lipinski definition) is 3. The van der Waals surface area contributed by atoms with E-state index < -0.39 is 12.0 Å². The van der Waals surface area contributed by atoms with E-state index in [9.17, 15) is 13.2 Å². The molecule has 0 spiro atoms. The van der Waals surface area contributed by atoms with E-state index in [1.807, 2.05) is 18.2 Å². The van der Waals surface area contributed by atoms with Crippen molar-refractivity contribution in [1.29, 1.82) is 0 Å². The van der Waals surface area contributed by atoms with Crippen LogP contribution in [0, 0.1) is 0 Å². The van der Waals surface area contributed by atoms with Gasteiger partial charge in [0.15, 0.2) is 0 Å². The summed E-state index contributed by atoms with van der Waals surface area (Å²) in [6.45, 7) is 0. The zero-order chi connectivity index (χ0) is 15.2. The summed E-state index contributed by atoms with van der Waals surface area (Å²) in [6.07, 6.45) is -2.28. The first kappa shape index (κ1) is 13.9. The molecule has 0 bridgehead atoms. The number of hydrogen-bond donors (Lipinski definition) is 0. The molecule has 4 nitrogen and oxygen atoms in total. The van der Waals surface area contributed by atoms with Crippen LogP contribution in [0.15, 0.2) is 24.3 Å². The van der Waals surface area contributed by atoms with Crippen molar-refractivity contribution in [2.45, 2.75) is 24.9 Å². The maximum Gasteiger partial charge on any atom is 0.453 e. The molecule has 1 heterocycles. The third kappa shape index (κ3) is 2.72. The van der Waals surface area contributed by atoms with E-state index >= 15 is 0 Å². The van der Waals surface area contributed by atoms with Crippen LogP contribution in [0.3, 0.4) is 0 Å². The fraction of sp³-hybridized carbons (Fsp3) is 0.429. The first-order valence-electron chi connectivity index (χ1n) is 6.68. The Morgan fingerprint density at radius 2 is 1.95 bits per heavy atom. The summed E-state index contributed by atoms with van der Waals surface area (Å²) in [7, 11) is 3.29. The molecule has 1 saturated carbocycles. The van der Waals surface area contributed by atoms with Gasteiger partial charge in [0.2, 0.25) is 5.95 Å². The SMILES string of the molecule is CN(C)c1nc(C(F)(F)F)nn1-c1cccc(C2CC2)c1. The Morgan fingerprint density at radius 3 is 2.52 bits per heavy atom. The second kappa shape index (κ2) is 4.75. The maximum atomic E-state index is 12.8. The summed E-state index contributed by atoms with van der Waals surface area (Å²) in [5, 5.41) is 3.63. The minimum absolute atomic E-state index is 0.162. The quantitative estimate of drug-likeness (QED) is 0.872. The van der Waals surface area contributed by atoms with Crippen molar-refractivity contribution in [3.8, 4) is 5.69 Å². The first-order valence-corrected chi connectivity index (χ1v) is 6.68. The van der Waals surface area contributed by atoms with E-state index in [1.54, 1.807) is 20.2 Å². The second-order valence-corrected chi connectivity index (χ2v) is 5.41. The van der Waals surface area contributed by atoms with Gasteiger partial charge in [0, 0.05) is 14.1 Å². The van der Waals surface area contributed by atoms with E-state index in [0.717, 1.165) is 18.4 Å². The lowest BCUT2D eigenvalue weighted by Crippen LogP contribution is -2.15. The van der Waals surface area contributed by atoms with Crippen molar-refractivity contribution in [3.05, 3.63) is 35.7 Å². The highest BCUT2D eigenvalue weighted by atomic mass is 19.4. The molecule has 1 fully saturated rings. The summed E-state index contributed by atoms with van der Waals surface area (Å²) in [5.41, 5.74) is 1.74. The second-order valence-electron chi connectivity index (χ2n) is 5.41. The van der Waals surface area contributed by atoms with Crippen LogP contribution in [0.25, 0.3) is 5.69 Å². The van der Waals surface area contributed by atoms with Gasteiger partial charge >= 0.3 is 6.18 Å². The molecular weight excluding hydrogens is 281 g/mol. The van der Waals surface area contributed by atoms with Gasteiger partial charge in [-0.15, -0.1) is 5.10 Å². The van der Waals surface area contributed by atoms with E-state index in [0.29, 0.717) is 11.6 Å². The van der Waals surface area contributed by atoms with Gasteiger partial charge in [-0.2, -0.15) is 22.8 Å². The van der Waals surface area contributed by atoms with Crippen LogP contribution in [-0.2, 0) is 6.18 Å². The smallest absolute Gasteiger partial charge is 0.347 e. The molecule has 2 aromatic rings. The average Bonchev–Trinajstić information content (AvgIpc) is 3.15. The number of benzene rings is 1. The van der Waals surface area contributed by atoms with Crippen molar-refractivity contribution in [2.24, 2.45) is 0 Å². The summed E-state index contributed by atoms with van der Waals surface area (Å²) < 4.78 is 39.7. The molecule has 112 valence electrons. The van der Waals surface area contributed by atoms with Gasteiger partial charge in [0.1, 0.15) is 0 Å².